The fraction of sp³-hybridized carbons (Fsp3) is 0.300. The first-order valence-corrected chi connectivity index (χ1v) is 8.10. The van der Waals surface area contributed by atoms with Gasteiger partial charge in [-0.1, -0.05) is 23.8 Å². The Morgan fingerprint density at radius 1 is 1.04 bits per heavy atom. The smallest absolute Gasteiger partial charge is 0.338 e. The summed E-state index contributed by atoms with van der Waals surface area (Å²) in [7, 11) is 3.79. The topological polar surface area (TPSA) is 58.6 Å². The third kappa shape index (κ3) is 4.83. The lowest BCUT2D eigenvalue weighted by Crippen LogP contribution is -2.22. The number of ether oxygens (including phenoxy) is 1. The van der Waals surface area contributed by atoms with Crippen LogP contribution >= 0.6 is 0 Å². The van der Waals surface area contributed by atoms with Crippen molar-refractivity contribution in [2.24, 2.45) is 0 Å². The third-order valence-electron chi connectivity index (χ3n) is 3.87. The van der Waals surface area contributed by atoms with Crippen molar-refractivity contribution >= 4 is 23.3 Å². The number of rotatable bonds is 5. The highest BCUT2D eigenvalue weighted by atomic mass is 16.5. The molecule has 5 heteroatoms. The van der Waals surface area contributed by atoms with Crippen LogP contribution in [0.4, 0.5) is 11.4 Å². The number of nitrogens with zero attached hydrogens (tertiary/aromatic N) is 1. The summed E-state index contributed by atoms with van der Waals surface area (Å²) >= 11 is 0. The van der Waals surface area contributed by atoms with Crippen LogP contribution in [-0.2, 0) is 9.53 Å². The second kappa shape index (κ2) is 7.83. The van der Waals surface area contributed by atoms with Crippen LogP contribution in [0.15, 0.2) is 36.4 Å². The Bertz CT molecular complexity index is 774. The number of anilines is 2. The molecule has 0 aliphatic carbocycles. The number of nitrogens with one attached hydrogen (secondary N) is 1. The average molecular weight is 340 g/mol. The Morgan fingerprint density at radius 3 is 2.28 bits per heavy atom. The van der Waals surface area contributed by atoms with Crippen LogP contribution < -0.4 is 10.2 Å². The summed E-state index contributed by atoms with van der Waals surface area (Å²) in [5.41, 5.74) is 5.18. The van der Waals surface area contributed by atoms with Gasteiger partial charge >= 0.3 is 5.97 Å². The second-order valence-electron chi connectivity index (χ2n) is 6.34. The number of hydrogen-bond donors (Lipinski definition) is 1. The van der Waals surface area contributed by atoms with E-state index in [0.29, 0.717) is 5.56 Å². The maximum Gasteiger partial charge on any atom is 0.338 e. The molecular weight excluding hydrogens is 316 g/mol. The zero-order valence-electron chi connectivity index (χ0n) is 15.3. The fourth-order valence-corrected chi connectivity index (χ4v) is 2.68. The van der Waals surface area contributed by atoms with Crippen LogP contribution in [0.1, 0.15) is 27.0 Å². The largest absolute Gasteiger partial charge is 0.452 e. The summed E-state index contributed by atoms with van der Waals surface area (Å²) < 4.78 is 5.13. The monoisotopic (exact) mass is 340 g/mol. The van der Waals surface area contributed by atoms with E-state index in [-0.39, 0.29) is 12.5 Å². The zero-order chi connectivity index (χ0) is 18.6. The molecule has 1 amide bonds. The van der Waals surface area contributed by atoms with Gasteiger partial charge in [-0.3, -0.25) is 4.79 Å². The van der Waals surface area contributed by atoms with Crippen LogP contribution in [0.3, 0.4) is 0 Å². The van der Waals surface area contributed by atoms with E-state index in [9.17, 15) is 9.59 Å². The average Bonchev–Trinajstić information content (AvgIpc) is 2.56. The lowest BCUT2D eigenvalue weighted by molar-refractivity contribution is -0.119. The van der Waals surface area contributed by atoms with Crippen molar-refractivity contribution in [1.82, 2.24) is 0 Å². The summed E-state index contributed by atoms with van der Waals surface area (Å²) in [6.07, 6.45) is 0. The second-order valence-corrected chi connectivity index (χ2v) is 6.34. The molecule has 132 valence electrons. The van der Waals surface area contributed by atoms with Gasteiger partial charge in [0.25, 0.3) is 5.91 Å². The van der Waals surface area contributed by atoms with E-state index in [2.05, 4.69) is 5.32 Å². The van der Waals surface area contributed by atoms with E-state index in [1.54, 1.807) is 18.2 Å². The molecular formula is C20H24N2O3. The predicted octanol–water partition coefficient (Wildman–Crippen LogP) is 3.47. The molecule has 0 aliphatic heterocycles. The van der Waals surface area contributed by atoms with Gasteiger partial charge in [-0.15, -0.1) is 0 Å². The Labute approximate surface area is 148 Å². The van der Waals surface area contributed by atoms with E-state index in [0.717, 1.165) is 28.1 Å². The van der Waals surface area contributed by atoms with E-state index in [1.165, 1.54) is 0 Å². The number of aryl methyl sites for hydroxylation is 3. The van der Waals surface area contributed by atoms with Crippen molar-refractivity contribution in [2.45, 2.75) is 20.8 Å². The molecule has 2 aromatic rings. The molecule has 0 aliphatic rings. The number of carbonyl (C=O) groups excluding carboxylic acids is 2. The maximum absolute atomic E-state index is 12.1. The summed E-state index contributed by atoms with van der Waals surface area (Å²) in [6, 6.07) is 11.1. The lowest BCUT2D eigenvalue weighted by Gasteiger charge is -2.14. The molecule has 0 saturated carbocycles. The SMILES string of the molecule is Cc1cc(C)c(NC(=O)COC(=O)c2cccc(N(C)C)c2)c(C)c1. The number of amides is 1. The molecule has 0 aromatic heterocycles. The minimum absolute atomic E-state index is 0.322. The van der Waals surface area contributed by atoms with Gasteiger partial charge < -0.3 is 15.0 Å². The van der Waals surface area contributed by atoms with Crippen molar-refractivity contribution in [3.63, 3.8) is 0 Å². The van der Waals surface area contributed by atoms with Crippen LogP contribution in [0, 0.1) is 20.8 Å². The molecule has 0 unspecified atom stereocenters. The Morgan fingerprint density at radius 2 is 1.68 bits per heavy atom. The molecule has 1 N–H and O–H groups in total. The van der Waals surface area contributed by atoms with Gasteiger partial charge in [0.15, 0.2) is 6.61 Å². The highest BCUT2D eigenvalue weighted by Crippen LogP contribution is 2.21. The molecule has 0 fully saturated rings. The molecule has 25 heavy (non-hydrogen) atoms. The van der Waals surface area contributed by atoms with Gasteiger partial charge in [0.1, 0.15) is 0 Å². The van der Waals surface area contributed by atoms with Gasteiger partial charge in [-0.25, -0.2) is 4.79 Å². The maximum atomic E-state index is 12.1. The summed E-state index contributed by atoms with van der Waals surface area (Å²) in [4.78, 5) is 26.1. The highest BCUT2D eigenvalue weighted by molar-refractivity contribution is 5.96. The van der Waals surface area contributed by atoms with E-state index < -0.39 is 5.97 Å². The van der Waals surface area contributed by atoms with Gasteiger partial charge in [0, 0.05) is 25.5 Å². The van der Waals surface area contributed by atoms with Gasteiger partial charge in [-0.05, 0) is 50.1 Å². The molecule has 0 heterocycles. The Balaban J connectivity index is 1.98. The zero-order valence-corrected chi connectivity index (χ0v) is 15.3. The van der Waals surface area contributed by atoms with Crippen molar-refractivity contribution < 1.29 is 14.3 Å². The summed E-state index contributed by atoms with van der Waals surface area (Å²) in [5, 5.41) is 2.82. The predicted molar refractivity (Wildman–Crippen MR) is 100 cm³/mol. The summed E-state index contributed by atoms with van der Waals surface area (Å²) in [5.74, 6) is -0.872. The van der Waals surface area contributed by atoms with Crippen LogP contribution in [0.2, 0.25) is 0 Å². The van der Waals surface area contributed by atoms with Gasteiger partial charge in [-0.2, -0.15) is 0 Å². The van der Waals surface area contributed by atoms with Crippen molar-refractivity contribution in [2.75, 3.05) is 30.9 Å². The molecule has 0 atom stereocenters. The number of carbonyl (C=O) groups is 2. The van der Waals surface area contributed by atoms with Crippen molar-refractivity contribution in [3.8, 4) is 0 Å². The Kier molecular flexibility index (Phi) is 5.80. The van der Waals surface area contributed by atoms with E-state index in [1.807, 2.05) is 58.0 Å². The first-order valence-electron chi connectivity index (χ1n) is 8.10. The number of esters is 1. The van der Waals surface area contributed by atoms with E-state index >= 15 is 0 Å². The number of hydrogen-bond acceptors (Lipinski definition) is 4. The number of benzene rings is 2. The minimum atomic E-state index is -0.517. The van der Waals surface area contributed by atoms with Crippen LogP contribution in [-0.4, -0.2) is 32.6 Å². The molecule has 2 rings (SSSR count). The molecule has 0 saturated heterocycles. The standard InChI is InChI=1S/C20H24N2O3/c1-13-9-14(2)19(15(3)10-13)21-18(23)12-25-20(24)16-7-6-8-17(11-16)22(4)5/h6-11H,12H2,1-5H3,(H,21,23). The van der Waals surface area contributed by atoms with Crippen LogP contribution in [0.5, 0.6) is 0 Å². The first-order chi connectivity index (χ1) is 11.8. The molecule has 5 nitrogen and oxygen atoms in total. The molecule has 0 bridgehead atoms. The lowest BCUT2D eigenvalue weighted by atomic mass is 10.1. The molecule has 2 aromatic carbocycles. The van der Waals surface area contributed by atoms with Crippen molar-refractivity contribution in [3.05, 3.63) is 58.7 Å². The quantitative estimate of drug-likeness (QED) is 0.847. The Hall–Kier alpha value is -2.82. The normalized spacial score (nSPS) is 10.3. The van der Waals surface area contributed by atoms with E-state index in [4.69, 9.17) is 4.74 Å². The third-order valence-corrected chi connectivity index (χ3v) is 3.87. The summed E-state index contributed by atoms with van der Waals surface area (Å²) in [6.45, 7) is 5.57. The highest BCUT2D eigenvalue weighted by Gasteiger charge is 2.13. The fourth-order valence-electron chi connectivity index (χ4n) is 2.68. The first kappa shape index (κ1) is 18.5. The van der Waals surface area contributed by atoms with Gasteiger partial charge in [0.2, 0.25) is 0 Å². The molecule has 0 spiro atoms. The van der Waals surface area contributed by atoms with Crippen LogP contribution in [0.25, 0.3) is 0 Å². The minimum Gasteiger partial charge on any atom is -0.452 e. The van der Waals surface area contributed by atoms with Crippen molar-refractivity contribution in [1.29, 1.82) is 0 Å². The molecule has 0 radical (unpaired) electrons. The van der Waals surface area contributed by atoms with Gasteiger partial charge in [0.05, 0.1) is 5.56 Å².